The number of nitrogens with zero attached hydrogens (tertiary/aromatic N) is 3. The van der Waals surface area contributed by atoms with Gasteiger partial charge in [0.15, 0.2) is 20.5 Å². The number of amides is 1. The van der Waals surface area contributed by atoms with E-state index in [4.69, 9.17) is 16.7 Å². The molecule has 0 radical (unpaired) electrons. The molecule has 2 aromatic heterocycles. The number of thiazole rings is 2. The van der Waals surface area contributed by atoms with E-state index in [1.54, 1.807) is 58.5 Å². The molecule has 2 heterocycles. The largest absolute Gasteiger partial charge is 0.405 e. The van der Waals surface area contributed by atoms with E-state index >= 15 is 0 Å². The van der Waals surface area contributed by atoms with E-state index in [0.29, 0.717) is 29.1 Å². The number of rotatable bonds is 10. The first-order chi connectivity index (χ1) is 32.3. The third kappa shape index (κ3) is 30.4. The summed E-state index contributed by atoms with van der Waals surface area (Å²) in [6, 6.07) is 24.2. The molecule has 12 nitrogen and oxygen atoms in total. The SMILES string of the molecule is N#Cc1ccc(-c2csc(NCC(F)(F)F)n2)cc1.NC(=S)NCC(F)(F)F.NCC(F)(F)F.NCc1ccc(-c2csc(NCC(F)(F)F)n2)cc1.O=C(NC(=S)NCC(F)(F)F)c1ccccc1. The minimum atomic E-state index is -4.37. The number of alkyl halides is 15. The number of nitriles is 1. The molecule has 5 aromatic rings. The third-order valence-electron chi connectivity index (χ3n) is 7.09. The van der Waals surface area contributed by atoms with Gasteiger partial charge < -0.3 is 38.5 Å². The number of thiocarbonyl (C=S) groups is 2. The number of benzene rings is 3. The summed E-state index contributed by atoms with van der Waals surface area (Å²) < 4.78 is 174. The van der Waals surface area contributed by atoms with Crippen molar-refractivity contribution in [2.24, 2.45) is 17.2 Å². The first-order valence-corrected chi connectivity index (χ1v) is 21.3. The average molecular weight is 1090 g/mol. The highest BCUT2D eigenvalue weighted by atomic mass is 32.1. The number of anilines is 2. The molecule has 5 rings (SSSR count). The highest BCUT2D eigenvalue weighted by Gasteiger charge is 2.29. The van der Waals surface area contributed by atoms with E-state index in [1.165, 1.54) is 12.1 Å². The van der Waals surface area contributed by atoms with Crippen molar-refractivity contribution >= 4 is 73.5 Å². The van der Waals surface area contributed by atoms with Gasteiger partial charge in [0.1, 0.15) is 26.2 Å². The molecule has 0 fully saturated rings. The molecule has 0 spiro atoms. The van der Waals surface area contributed by atoms with Crippen LogP contribution in [0.1, 0.15) is 21.5 Å². The van der Waals surface area contributed by atoms with E-state index in [2.05, 4.69) is 56.1 Å². The van der Waals surface area contributed by atoms with Crippen molar-refractivity contribution in [1.82, 2.24) is 25.9 Å². The summed E-state index contributed by atoms with van der Waals surface area (Å²) in [6.45, 7) is -5.40. The topological polar surface area (TPSA) is 205 Å². The highest BCUT2D eigenvalue weighted by molar-refractivity contribution is 7.80. The van der Waals surface area contributed by atoms with Crippen molar-refractivity contribution in [2.75, 3.05) is 43.4 Å². The van der Waals surface area contributed by atoms with Crippen molar-refractivity contribution in [3.63, 3.8) is 0 Å². The van der Waals surface area contributed by atoms with Crippen LogP contribution in [0.3, 0.4) is 0 Å². The number of nitrogens with one attached hydrogen (secondary N) is 5. The van der Waals surface area contributed by atoms with E-state index in [9.17, 15) is 70.7 Å². The van der Waals surface area contributed by atoms with Crippen LogP contribution in [0.15, 0.2) is 89.6 Å². The maximum Gasteiger partial charge on any atom is 0.405 e. The third-order valence-corrected chi connectivity index (χ3v) is 9.08. The summed E-state index contributed by atoms with van der Waals surface area (Å²) in [5.41, 5.74) is 19.1. The van der Waals surface area contributed by atoms with E-state index in [-0.39, 0.29) is 20.5 Å². The van der Waals surface area contributed by atoms with E-state index < -0.39 is 69.5 Å². The van der Waals surface area contributed by atoms with Gasteiger partial charge in [-0.1, -0.05) is 54.6 Å². The summed E-state index contributed by atoms with van der Waals surface area (Å²) >= 11 is 10.9. The lowest BCUT2D eigenvalue weighted by Gasteiger charge is -2.11. The normalized spacial score (nSPS) is 11.2. The molecule has 1 amide bonds. The maximum absolute atomic E-state index is 12.1. The molecule has 384 valence electrons. The van der Waals surface area contributed by atoms with Crippen LogP contribution in [0.2, 0.25) is 0 Å². The predicted octanol–water partition coefficient (Wildman–Crippen LogP) is 9.64. The molecule has 0 atom stereocenters. The van der Waals surface area contributed by atoms with Gasteiger partial charge in [-0.15, -0.1) is 22.7 Å². The zero-order valence-corrected chi connectivity index (χ0v) is 38.5. The van der Waals surface area contributed by atoms with Gasteiger partial charge in [-0.25, -0.2) is 9.97 Å². The molecule has 0 aliphatic carbocycles. The summed E-state index contributed by atoms with van der Waals surface area (Å²) in [4.78, 5) is 19.6. The van der Waals surface area contributed by atoms with Crippen LogP contribution in [0.25, 0.3) is 22.5 Å². The number of aromatic nitrogens is 2. The number of hydrogen-bond donors (Lipinski definition) is 8. The first-order valence-electron chi connectivity index (χ1n) is 18.7. The molecule has 11 N–H and O–H groups in total. The van der Waals surface area contributed by atoms with Crippen LogP contribution in [-0.4, -0.2) is 89.7 Å². The van der Waals surface area contributed by atoms with E-state index in [0.717, 1.165) is 39.4 Å². The average Bonchev–Trinajstić information content (AvgIpc) is 3.97. The minimum Gasteiger partial charge on any atom is -0.376 e. The Kier molecular flexibility index (Phi) is 25.8. The van der Waals surface area contributed by atoms with Crippen molar-refractivity contribution in [3.8, 4) is 28.6 Å². The Morgan fingerprint density at radius 3 is 1.34 bits per heavy atom. The van der Waals surface area contributed by atoms with Crippen molar-refractivity contribution in [2.45, 2.75) is 37.4 Å². The Labute approximate surface area is 406 Å². The molecule has 0 saturated carbocycles. The van der Waals surface area contributed by atoms with E-state index in [1.807, 2.05) is 35.7 Å². The van der Waals surface area contributed by atoms with Gasteiger partial charge in [0, 0.05) is 34.0 Å². The Morgan fingerprint density at radius 1 is 0.600 bits per heavy atom. The van der Waals surface area contributed by atoms with Crippen LogP contribution in [-0.2, 0) is 6.54 Å². The fourth-order valence-corrected chi connectivity index (χ4v) is 5.70. The maximum atomic E-state index is 12.1. The molecule has 0 aliphatic rings. The second-order valence-electron chi connectivity index (χ2n) is 12.9. The second kappa shape index (κ2) is 29.2. The summed E-state index contributed by atoms with van der Waals surface area (Å²) in [6.07, 6.45) is -21.3. The van der Waals surface area contributed by atoms with Crippen LogP contribution in [0.4, 0.5) is 76.1 Å². The molecule has 0 unspecified atom stereocenters. The summed E-state index contributed by atoms with van der Waals surface area (Å²) in [7, 11) is 0. The van der Waals surface area contributed by atoms with Crippen LogP contribution >= 0.6 is 47.1 Å². The fourth-order valence-electron chi connectivity index (χ4n) is 4.03. The van der Waals surface area contributed by atoms with Gasteiger partial charge in [0.2, 0.25) is 0 Å². The number of carbonyl (C=O) groups is 1. The standard InChI is InChI=1S/C12H12F3N3S.C12H8F3N3S.C10H9F3N2OS.C3H5F3N2S.C2H4F3N/c2*13-12(14,15)7-17-11-18-10(6-19-11)9-3-1-8(5-16)2-4-9;11-10(12,13)6-14-9(17)15-8(16)7-4-2-1-3-5-7;4-3(5,6)1-8-2(7)9;3-2(4,5)1-6/h1-4,6H,5,7,16H2,(H,17,18);1-4,6H,7H2,(H,17,18);1-5H,6H2,(H2,14,15,16,17);1H2,(H3,7,8,9);1,6H2. The quantitative estimate of drug-likeness (QED) is 0.0485. The van der Waals surface area contributed by atoms with Crippen LogP contribution < -0.4 is 43.8 Å². The summed E-state index contributed by atoms with van der Waals surface area (Å²) in [5.74, 6) is -0.551. The lowest BCUT2D eigenvalue weighted by molar-refractivity contribution is -0.122. The van der Waals surface area contributed by atoms with Crippen molar-refractivity contribution in [3.05, 3.63) is 106 Å². The predicted molar refractivity (Wildman–Crippen MR) is 243 cm³/mol. The Balaban J connectivity index is 0.000000460. The lowest BCUT2D eigenvalue weighted by atomic mass is 10.1. The number of halogens is 15. The Hall–Kier alpha value is -6.07. The van der Waals surface area contributed by atoms with Crippen LogP contribution in [0.5, 0.6) is 0 Å². The molecule has 3 aromatic carbocycles. The lowest BCUT2D eigenvalue weighted by Crippen LogP contribution is -2.43. The monoisotopic (exact) mass is 1090 g/mol. The molecular weight excluding hydrogens is 1050 g/mol. The fraction of sp³-hybridized carbons (Fsp3) is 0.282. The zero-order chi connectivity index (χ0) is 53.3. The number of nitrogens with two attached hydrogens (primary N) is 3. The van der Waals surface area contributed by atoms with Gasteiger partial charge in [-0.3, -0.25) is 10.1 Å². The van der Waals surface area contributed by atoms with Gasteiger partial charge in [-0.05, 0) is 54.3 Å². The van der Waals surface area contributed by atoms with Gasteiger partial charge in [0.25, 0.3) is 5.91 Å². The zero-order valence-electron chi connectivity index (χ0n) is 35.2. The van der Waals surface area contributed by atoms with Crippen molar-refractivity contribution < 1.29 is 70.7 Å². The molecule has 0 saturated heterocycles. The molecular formula is C39H38F15N11OS4. The first kappa shape index (κ1) is 61.9. The number of hydrogen-bond acceptors (Lipinski definition) is 12. The molecule has 31 heteroatoms. The summed E-state index contributed by atoms with van der Waals surface area (Å²) in [5, 5.41) is 22.1. The second-order valence-corrected chi connectivity index (χ2v) is 15.4. The number of carbonyl (C=O) groups excluding carboxylic acids is 1. The molecule has 0 bridgehead atoms. The van der Waals surface area contributed by atoms with Crippen molar-refractivity contribution in [1.29, 1.82) is 5.26 Å². The van der Waals surface area contributed by atoms with Crippen LogP contribution in [0, 0.1) is 11.3 Å². The van der Waals surface area contributed by atoms with Gasteiger partial charge >= 0.3 is 30.9 Å². The minimum absolute atomic E-state index is 0.219. The van der Waals surface area contributed by atoms with Gasteiger partial charge in [-0.2, -0.15) is 71.1 Å². The molecule has 0 aliphatic heterocycles. The Bertz CT molecular complexity index is 2370. The Morgan fingerprint density at radius 2 is 1.00 bits per heavy atom. The highest BCUT2D eigenvalue weighted by Crippen LogP contribution is 2.28. The molecule has 70 heavy (non-hydrogen) atoms. The smallest absolute Gasteiger partial charge is 0.376 e. The van der Waals surface area contributed by atoms with Gasteiger partial charge in [0.05, 0.1) is 29.6 Å².